The molecule has 0 radical (unpaired) electrons. The fraction of sp³-hybridized carbons (Fsp3) is 0.364. The summed E-state index contributed by atoms with van der Waals surface area (Å²) in [5, 5.41) is 10.5. The number of amides is 1. The van der Waals surface area contributed by atoms with Crippen molar-refractivity contribution in [1.29, 1.82) is 0 Å². The Morgan fingerprint density at radius 1 is 1.16 bits per heavy atom. The molecule has 1 aliphatic heterocycles. The lowest BCUT2D eigenvalue weighted by Gasteiger charge is -2.15. The number of hydrogen-bond acceptors (Lipinski definition) is 3. The molecule has 19 heavy (non-hydrogen) atoms. The first-order valence-corrected chi connectivity index (χ1v) is 5.54. The average Bonchev–Trinajstić information content (AvgIpc) is 2.89. The van der Waals surface area contributed by atoms with Crippen molar-refractivity contribution in [2.24, 2.45) is 0 Å². The number of carbonyl (C=O) groups is 1. The summed E-state index contributed by atoms with van der Waals surface area (Å²) >= 11 is 0. The molecule has 5 nitrogen and oxygen atoms in total. The molecule has 1 aromatic rings. The summed E-state index contributed by atoms with van der Waals surface area (Å²) in [6.07, 6.45) is 1.44. The monoisotopic (exact) mass is 274 g/mol. The molecule has 1 fully saturated rings. The number of nitro benzene ring substituents is 1. The van der Waals surface area contributed by atoms with E-state index in [1.165, 1.54) is 4.90 Å². The minimum absolute atomic E-state index is 0.366. The van der Waals surface area contributed by atoms with E-state index in [-0.39, 0.29) is 0 Å². The zero-order valence-electron chi connectivity index (χ0n) is 9.66. The van der Waals surface area contributed by atoms with Gasteiger partial charge in [0.2, 0.25) is 11.6 Å². The number of carbonyl (C=O) groups excluding carboxylic acids is 1. The fourth-order valence-electron chi connectivity index (χ4n) is 1.97. The highest BCUT2D eigenvalue weighted by Gasteiger charge is 2.31. The maximum Gasteiger partial charge on any atom is 0.308 e. The molecule has 0 saturated carbocycles. The topological polar surface area (TPSA) is 63.4 Å². The van der Waals surface area contributed by atoms with Crippen LogP contribution in [0, 0.1) is 27.6 Å². The third kappa shape index (κ3) is 2.25. The van der Waals surface area contributed by atoms with Gasteiger partial charge in [0.1, 0.15) is 0 Å². The van der Waals surface area contributed by atoms with Gasteiger partial charge in [-0.1, -0.05) is 0 Å². The fourth-order valence-corrected chi connectivity index (χ4v) is 1.97. The van der Waals surface area contributed by atoms with Gasteiger partial charge in [0.25, 0.3) is 5.91 Å². The van der Waals surface area contributed by atoms with Crippen LogP contribution in [-0.2, 0) is 0 Å². The molecule has 0 unspecified atom stereocenters. The summed E-state index contributed by atoms with van der Waals surface area (Å²) in [5.74, 6) is -6.46. The molecule has 0 spiro atoms. The highest BCUT2D eigenvalue weighted by molar-refractivity contribution is 5.95. The Balaban J connectivity index is 2.50. The quantitative estimate of drug-likeness (QED) is 0.472. The molecule has 0 aliphatic carbocycles. The van der Waals surface area contributed by atoms with Gasteiger partial charge in [-0.15, -0.1) is 0 Å². The number of hydrogen-bond donors (Lipinski definition) is 0. The van der Waals surface area contributed by atoms with Crippen LogP contribution >= 0.6 is 0 Å². The van der Waals surface area contributed by atoms with E-state index in [1.54, 1.807) is 0 Å². The first-order chi connectivity index (χ1) is 8.93. The Morgan fingerprint density at radius 3 is 2.26 bits per heavy atom. The molecular weight excluding hydrogens is 265 g/mol. The lowest BCUT2D eigenvalue weighted by Crippen LogP contribution is -2.29. The molecule has 1 saturated heterocycles. The van der Waals surface area contributed by atoms with Crippen LogP contribution in [0.4, 0.5) is 18.9 Å². The number of likely N-dealkylation sites (tertiary alicyclic amines) is 1. The maximum absolute atomic E-state index is 13.5. The van der Waals surface area contributed by atoms with Crippen LogP contribution in [0.15, 0.2) is 6.07 Å². The van der Waals surface area contributed by atoms with Gasteiger partial charge in [0.05, 0.1) is 10.5 Å². The Hall–Kier alpha value is -2.12. The van der Waals surface area contributed by atoms with E-state index in [2.05, 4.69) is 0 Å². The van der Waals surface area contributed by atoms with Gasteiger partial charge in [-0.25, -0.2) is 8.78 Å². The number of nitrogens with zero attached hydrogens (tertiary/aromatic N) is 2. The Morgan fingerprint density at radius 2 is 1.74 bits per heavy atom. The third-order valence-corrected chi connectivity index (χ3v) is 2.95. The number of rotatable bonds is 2. The molecule has 1 heterocycles. The molecule has 0 bridgehead atoms. The molecule has 0 aromatic heterocycles. The zero-order valence-corrected chi connectivity index (χ0v) is 9.66. The second-order valence-corrected chi connectivity index (χ2v) is 4.14. The van der Waals surface area contributed by atoms with Crippen molar-refractivity contribution in [3.63, 3.8) is 0 Å². The van der Waals surface area contributed by atoms with Crippen molar-refractivity contribution in [1.82, 2.24) is 4.90 Å². The summed E-state index contributed by atoms with van der Waals surface area (Å²) in [7, 11) is 0. The summed E-state index contributed by atoms with van der Waals surface area (Å²) in [6.45, 7) is 0.732. The van der Waals surface area contributed by atoms with Crippen molar-refractivity contribution in [3.8, 4) is 0 Å². The Bertz CT molecular complexity index is 557. The second kappa shape index (κ2) is 4.87. The van der Waals surface area contributed by atoms with E-state index in [9.17, 15) is 28.1 Å². The largest absolute Gasteiger partial charge is 0.339 e. The van der Waals surface area contributed by atoms with Gasteiger partial charge in [-0.3, -0.25) is 14.9 Å². The molecule has 1 aromatic carbocycles. The van der Waals surface area contributed by atoms with Crippen molar-refractivity contribution >= 4 is 11.6 Å². The van der Waals surface area contributed by atoms with E-state index in [1.807, 2.05) is 0 Å². The van der Waals surface area contributed by atoms with Crippen LogP contribution in [0.2, 0.25) is 0 Å². The van der Waals surface area contributed by atoms with Crippen molar-refractivity contribution in [3.05, 3.63) is 39.2 Å². The summed E-state index contributed by atoms with van der Waals surface area (Å²) < 4.78 is 39.9. The zero-order chi connectivity index (χ0) is 14.2. The Kier molecular flexibility index (Phi) is 3.41. The van der Waals surface area contributed by atoms with Crippen LogP contribution in [-0.4, -0.2) is 28.8 Å². The summed E-state index contributed by atoms with van der Waals surface area (Å²) in [4.78, 5) is 22.5. The van der Waals surface area contributed by atoms with Gasteiger partial charge in [0, 0.05) is 19.2 Å². The molecule has 102 valence electrons. The van der Waals surface area contributed by atoms with Crippen molar-refractivity contribution < 1.29 is 22.9 Å². The van der Waals surface area contributed by atoms with Gasteiger partial charge in [-0.05, 0) is 12.8 Å². The molecular formula is C11H9F3N2O3. The maximum atomic E-state index is 13.5. The smallest absolute Gasteiger partial charge is 0.308 e. The highest BCUT2D eigenvalue weighted by atomic mass is 19.2. The van der Waals surface area contributed by atoms with E-state index < -0.39 is 39.5 Å². The third-order valence-electron chi connectivity index (χ3n) is 2.95. The van der Waals surface area contributed by atoms with Gasteiger partial charge in [0.15, 0.2) is 5.82 Å². The predicted octanol–water partition coefficient (Wildman–Crippen LogP) is 2.25. The van der Waals surface area contributed by atoms with Crippen molar-refractivity contribution in [2.45, 2.75) is 12.8 Å². The van der Waals surface area contributed by atoms with Crippen LogP contribution < -0.4 is 0 Å². The molecule has 0 atom stereocenters. The van der Waals surface area contributed by atoms with Crippen LogP contribution in [0.3, 0.4) is 0 Å². The van der Waals surface area contributed by atoms with E-state index in [0.717, 1.165) is 12.8 Å². The number of nitro groups is 1. The molecule has 1 amide bonds. The first kappa shape index (κ1) is 13.3. The minimum atomic E-state index is -2.00. The SMILES string of the molecule is O=C(c1cc([N+](=O)[O-])c(F)c(F)c1F)N1CCCC1. The second-order valence-electron chi connectivity index (χ2n) is 4.14. The lowest BCUT2D eigenvalue weighted by molar-refractivity contribution is -0.387. The summed E-state index contributed by atoms with van der Waals surface area (Å²) in [6, 6.07) is 0.439. The highest BCUT2D eigenvalue weighted by Crippen LogP contribution is 2.27. The molecule has 2 rings (SSSR count). The van der Waals surface area contributed by atoms with Crippen LogP contribution in [0.1, 0.15) is 23.2 Å². The van der Waals surface area contributed by atoms with Crippen LogP contribution in [0.5, 0.6) is 0 Å². The molecule has 1 aliphatic rings. The Labute approximate surface area is 105 Å². The van der Waals surface area contributed by atoms with Gasteiger partial charge >= 0.3 is 5.69 Å². The molecule has 0 N–H and O–H groups in total. The molecule has 8 heteroatoms. The lowest BCUT2D eigenvalue weighted by atomic mass is 10.1. The van der Waals surface area contributed by atoms with E-state index in [4.69, 9.17) is 0 Å². The normalized spacial score (nSPS) is 14.8. The number of benzene rings is 1. The predicted molar refractivity (Wildman–Crippen MR) is 58.1 cm³/mol. The number of halogens is 3. The van der Waals surface area contributed by atoms with E-state index >= 15 is 0 Å². The first-order valence-electron chi connectivity index (χ1n) is 5.54. The average molecular weight is 274 g/mol. The minimum Gasteiger partial charge on any atom is -0.339 e. The van der Waals surface area contributed by atoms with E-state index in [0.29, 0.717) is 19.2 Å². The van der Waals surface area contributed by atoms with Gasteiger partial charge in [-0.2, -0.15) is 4.39 Å². The standard InChI is InChI=1S/C11H9F3N2O3/c12-8-6(11(17)15-3-1-2-4-15)5-7(16(18)19)9(13)10(8)14/h5H,1-4H2. The van der Waals surface area contributed by atoms with Crippen molar-refractivity contribution in [2.75, 3.05) is 13.1 Å². The van der Waals surface area contributed by atoms with Crippen LogP contribution in [0.25, 0.3) is 0 Å². The van der Waals surface area contributed by atoms with Gasteiger partial charge < -0.3 is 4.90 Å². The summed E-state index contributed by atoms with van der Waals surface area (Å²) in [5.41, 5.74) is -2.06.